The largest absolute Gasteiger partial charge is 0.468 e. The summed E-state index contributed by atoms with van der Waals surface area (Å²) in [6.45, 7) is 0.586. The number of esters is 1. The van der Waals surface area contributed by atoms with Crippen LogP contribution in [0.1, 0.15) is 25.7 Å². The third-order valence-electron chi connectivity index (χ3n) is 3.61. The van der Waals surface area contributed by atoms with Crippen molar-refractivity contribution in [3.05, 3.63) is 0 Å². The molecule has 0 radical (unpaired) electrons. The lowest BCUT2D eigenvalue weighted by Gasteiger charge is -2.35. The number of methoxy groups -OCH3 is 2. The molecule has 0 aromatic carbocycles. The molecule has 1 saturated heterocycles. The van der Waals surface area contributed by atoms with E-state index in [9.17, 15) is 4.79 Å². The molecule has 2 fully saturated rings. The van der Waals surface area contributed by atoms with Crippen LogP contribution in [-0.2, 0) is 19.0 Å². The first-order valence-electron chi connectivity index (χ1n) is 4.98. The van der Waals surface area contributed by atoms with Gasteiger partial charge in [-0.15, -0.1) is 0 Å². The van der Waals surface area contributed by atoms with Crippen LogP contribution >= 0.6 is 0 Å². The fraction of sp³-hybridized carbons (Fsp3) is 0.900. The Balaban J connectivity index is 2.35. The molecule has 2 rings (SSSR count). The molecule has 1 saturated carbocycles. The number of fused-ring (bicyclic) bond motifs is 1. The second kappa shape index (κ2) is 3.21. The minimum Gasteiger partial charge on any atom is -0.468 e. The summed E-state index contributed by atoms with van der Waals surface area (Å²) in [6.07, 6.45) is 3.28. The van der Waals surface area contributed by atoms with Gasteiger partial charge in [0.15, 0.2) is 5.79 Å². The summed E-state index contributed by atoms with van der Waals surface area (Å²) < 4.78 is 15.9. The van der Waals surface area contributed by atoms with Crippen LogP contribution in [0.3, 0.4) is 0 Å². The van der Waals surface area contributed by atoms with Crippen molar-refractivity contribution in [3.8, 4) is 0 Å². The van der Waals surface area contributed by atoms with E-state index in [1.54, 1.807) is 7.11 Å². The van der Waals surface area contributed by atoms with Gasteiger partial charge in [0.1, 0.15) is 5.41 Å². The Labute approximate surface area is 83.5 Å². The van der Waals surface area contributed by atoms with Crippen LogP contribution in [0.4, 0.5) is 0 Å². The summed E-state index contributed by atoms with van der Waals surface area (Å²) in [6, 6.07) is 0. The molecule has 1 aliphatic carbocycles. The van der Waals surface area contributed by atoms with E-state index in [4.69, 9.17) is 14.2 Å². The van der Waals surface area contributed by atoms with Crippen molar-refractivity contribution in [1.29, 1.82) is 0 Å². The van der Waals surface area contributed by atoms with Crippen LogP contribution in [-0.4, -0.2) is 32.6 Å². The number of hydrogen-bond donors (Lipinski definition) is 0. The predicted octanol–water partition coefficient (Wildman–Crippen LogP) is 1.09. The van der Waals surface area contributed by atoms with E-state index in [0.29, 0.717) is 13.0 Å². The number of hydrogen-bond acceptors (Lipinski definition) is 4. The summed E-state index contributed by atoms with van der Waals surface area (Å²) >= 11 is 0. The predicted molar refractivity (Wildman–Crippen MR) is 48.6 cm³/mol. The normalized spacial score (nSPS) is 41.0. The van der Waals surface area contributed by atoms with Gasteiger partial charge < -0.3 is 14.2 Å². The second-order valence-electron chi connectivity index (χ2n) is 3.98. The zero-order valence-corrected chi connectivity index (χ0v) is 8.67. The van der Waals surface area contributed by atoms with Crippen LogP contribution in [0.15, 0.2) is 0 Å². The smallest absolute Gasteiger partial charge is 0.317 e. The summed E-state index contributed by atoms with van der Waals surface area (Å²) in [5.74, 6) is -0.894. The van der Waals surface area contributed by atoms with Crippen molar-refractivity contribution in [3.63, 3.8) is 0 Å². The first kappa shape index (κ1) is 9.93. The van der Waals surface area contributed by atoms with E-state index in [1.165, 1.54) is 7.11 Å². The Morgan fingerprint density at radius 3 is 2.71 bits per heavy atom. The Bertz CT molecular complexity index is 239. The van der Waals surface area contributed by atoms with Gasteiger partial charge in [-0.05, 0) is 19.3 Å². The van der Waals surface area contributed by atoms with Gasteiger partial charge in [-0.1, -0.05) is 0 Å². The first-order valence-corrected chi connectivity index (χ1v) is 4.98. The molecule has 0 amide bonds. The van der Waals surface area contributed by atoms with Crippen LogP contribution < -0.4 is 0 Å². The SMILES string of the molecule is COC(=O)[C@@]12CCC[C@]1(OC)OCC2. The van der Waals surface area contributed by atoms with E-state index in [-0.39, 0.29) is 5.97 Å². The van der Waals surface area contributed by atoms with E-state index in [0.717, 1.165) is 19.3 Å². The minimum atomic E-state index is -0.708. The average molecular weight is 200 g/mol. The first-order chi connectivity index (χ1) is 6.71. The quantitative estimate of drug-likeness (QED) is 0.626. The maximum absolute atomic E-state index is 11.8. The number of carbonyl (C=O) groups excluding carboxylic acids is 1. The number of ether oxygens (including phenoxy) is 3. The van der Waals surface area contributed by atoms with Crippen molar-refractivity contribution >= 4 is 5.97 Å². The Morgan fingerprint density at radius 2 is 2.07 bits per heavy atom. The highest BCUT2D eigenvalue weighted by Gasteiger charge is 2.65. The van der Waals surface area contributed by atoms with Crippen molar-refractivity contribution in [2.75, 3.05) is 20.8 Å². The average Bonchev–Trinajstić information content (AvgIpc) is 2.71. The second-order valence-corrected chi connectivity index (χ2v) is 3.98. The van der Waals surface area contributed by atoms with Gasteiger partial charge in [-0.3, -0.25) is 4.79 Å². The van der Waals surface area contributed by atoms with Gasteiger partial charge >= 0.3 is 5.97 Å². The lowest BCUT2D eigenvalue weighted by Crippen LogP contribution is -2.48. The van der Waals surface area contributed by atoms with Crippen LogP contribution in [0, 0.1) is 5.41 Å². The Morgan fingerprint density at radius 1 is 1.29 bits per heavy atom. The molecule has 1 heterocycles. The van der Waals surface area contributed by atoms with E-state index in [1.807, 2.05) is 0 Å². The third-order valence-corrected chi connectivity index (χ3v) is 3.61. The molecule has 0 unspecified atom stereocenters. The molecule has 2 aliphatic rings. The Hall–Kier alpha value is -0.610. The Kier molecular flexibility index (Phi) is 2.27. The lowest BCUT2D eigenvalue weighted by molar-refractivity contribution is -0.236. The molecule has 14 heavy (non-hydrogen) atoms. The standard InChI is InChI=1S/C10H16O4/c1-12-8(11)9-4-3-5-10(9,13-2)14-7-6-9/h3-7H2,1-2H3/t9-,10-/m0/s1. The fourth-order valence-corrected chi connectivity index (χ4v) is 2.88. The summed E-state index contributed by atoms with van der Waals surface area (Å²) in [7, 11) is 3.03. The zero-order chi connectivity index (χ0) is 10.2. The maximum atomic E-state index is 11.8. The van der Waals surface area contributed by atoms with Crippen LogP contribution in [0.5, 0.6) is 0 Å². The molecule has 0 N–H and O–H groups in total. The van der Waals surface area contributed by atoms with Crippen molar-refractivity contribution < 1.29 is 19.0 Å². The van der Waals surface area contributed by atoms with Crippen molar-refractivity contribution in [2.24, 2.45) is 5.41 Å². The van der Waals surface area contributed by atoms with E-state index >= 15 is 0 Å². The number of rotatable bonds is 2. The van der Waals surface area contributed by atoms with Gasteiger partial charge in [0.2, 0.25) is 0 Å². The highest BCUT2D eigenvalue weighted by atomic mass is 16.7. The molecule has 0 bridgehead atoms. The van der Waals surface area contributed by atoms with Crippen molar-refractivity contribution in [2.45, 2.75) is 31.5 Å². The summed E-state index contributed by atoms with van der Waals surface area (Å²) in [4.78, 5) is 11.8. The molecule has 4 nitrogen and oxygen atoms in total. The maximum Gasteiger partial charge on any atom is 0.317 e. The van der Waals surface area contributed by atoms with Gasteiger partial charge in [0.05, 0.1) is 13.7 Å². The topological polar surface area (TPSA) is 44.8 Å². The minimum absolute atomic E-state index is 0.186. The van der Waals surface area contributed by atoms with Crippen LogP contribution in [0.2, 0.25) is 0 Å². The van der Waals surface area contributed by atoms with Gasteiger partial charge in [-0.25, -0.2) is 0 Å². The molecule has 0 aromatic rings. The highest BCUT2D eigenvalue weighted by Crippen LogP contribution is 2.56. The van der Waals surface area contributed by atoms with Gasteiger partial charge in [0.25, 0.3) is 0 Å². The lowest BCUT2D eigenvalue weighted by atomic mass is 9.80. The fourth-order valence-electron chi connectivity index (χ4n) is 2.88. The molecule has 1 aliphatic heterocycles. The van der Waals surface area contributed by atoms with E-state index in [2.05, 4.69) is 0 Å². The molecule has 2 atom stereocenters. The molecular weight excluding hydrogens is 184 g/mol. The van der Waals surface area contributed by atoms with Crippen molar-refractivity contribution in [1.82, 2.24) is 0 Å². The monoisotopic (exact) mass is 200 g/mol. The molecule has 80 valence electrons. The van der Waals surface area contributed by atoms with Crippen LogP contribution in [0.25, 0.3) is 0 Å². The zero-order valence-electron chi connectivity index (χ0n) is 8.67. The number of carbonyl (C=O) groups is 1. The third kappa shape index (κ3) is 0.982. The molecular formula is C10H16O4. The highest BCUT2D eigenvalue weighted by molar-refractivity contribution is 5.79. The van der Waals surface area contributed by atoms with Gasteiger partial charge in [-0.2, -0.15) is 0 Å². The summed E-state index contributed by atoms with van der Waals surface area (Å²) in [5, 5.41) is 0. The molecule has 4 heteroatoms. The summed E-state index contributed by atoms with van der Waals surface area (Å²) in [5.41, 5.74) is -0.545. The van der Waals surface area contributed by atoms with E-state index < -0.39 is 11.2 Å². The molecule has 0 spiro atoms. The van der Waals surface area contributed by atoms with Gasteiger partial charge in [0, 0.05) is 13.5 Å². The molecule has 0 aromatic heterocycles.